The molecule has 2 aromatic rings. The van der Waals surface area contributed by atoms with Crippen LogP contribution < -0.4 is 4.74 Å². The van der Waals surface area contributed by atoms with Crippen LogP contribution in [0.4, 0.5) is 0 Å². The van der Waals surface area contributed by atoms with Crippen LogP contribution in [0.1, 0.15) is 5.56 Å². The van der Waals surface area contributed by atoms with Gasteiger partial charge in [-0.25, -0.2) is 0 Å². The molecule has 0 aliphatic heterocycles. The van der Waals surface area contributed by atoms with Crippen molar-refractivity contribution in [3.63, 3.8) is 0 Å². The van der Waals surface area contributed by atoms with Gasteiger partial charge in [-0.2, -0.15) is 4.98 Å². The Bertz CT molecular complexity index is 450. The lowest BCUT2D eigenvalue weighted by Gasteiger charge is -1.94. The smallest absolute Gasteiger partial charge is 0.294 e. The molecule has 1 heterocycles. The molecular weight excluding hydrogens is 232 g/mol. The molecule has 0 spiro atoms. The number of rotatable bonds is 1. The van der Waals surface area contributed by atoms with Gasteiger partial charge < -0.3 is 9.72 Å². The van der Waals surface area contributed by atoms with E-state index < -0.39 is 0 Å². The van der Waals surface area contributed by atoms with E-state index in [0.717, 1.165) is 21.1 Å². The minimum atomic E-state index is 0.552. The van der Waals surface area contributed by atoms with E-state index in [1.807, 2.05) is 19.1 Å². The molecule has 1 aromatic heterocycles. The lowest BCUT2D eigenvalue weighted by atomic mass is 10.2. The fraction of sp³-hybridized carbons (Fsp3) is 0.222. The lowest BCUT2D eigenvalue weighted by Crippen LogP contribution is -1.82. The van der Waals surface area contributed by atoms with Crippen molar-refractivity contribution in [2.75, 3.05) is 7.11 Å². The van der Waals surface area contributed by atoms with E-state index in [4.69, 9.17) is 4.74 Å². The van der Waals surface area contributed by atoms with Gasteiger partial charge in [0.2, 0.25) is 0 Å². The van der Waals surface area contributed by atoms with Gasteiger partial charge in [-0.05, 0) is 24.6 Å². The van der Waals surface area contributed by atoms with Crippen LogP contribution >= 0.6 is 15.9 Å². The number of aromatic amines is 1. The Balaban J connectivity index is 2.75. The van der Waals surface area contributed by atoms with Crippen molar-refractivity contribution < 1.29 is 4.74 Å². The Morgan fingerprint density at radius 1 is 1.46 bits per heavy atom. The summed E-state index contributed by atoms with van der Waals surface area (Å²) in [5.74, 6) is 0. The maximum absolute atomic E-state index is 5.01. The fourth-order valence-corrected chi connectivity index (χ4v) is 1.89. The first-order valence-corrected chi connectivity index (χ1v) is 4.70. The highest BCUT2D eigenvalue weighted by molar-refractivity contribution is 9.10. The number of imidazole rings is 1. The predicted octanol–water partition coefficient (Wildman–Crippen LogP) is 2.64. The molecule has 3 nitrogen and oxygen atoms in total. The second-order valence-corrected chi connectivity index (χ2v) is 3.78. The highest BCUT2D eigenvalue weighted by atomic mass is 79.9. The van der Waals surface area contributed by atoms with Gasteiger partial charge in [-0.3, -0.25) is 0 Å². The number of fused-ring (bicyclic) bond motifs is 1. The average molecular weight is 241 g/mol. The molecule has 0 saturated carbocycles. The molecule has 4 heteroatoms. The average Bonchev–Trinajstić information content (AvgIpc) is 2.47. The number of hydrogen-bond donors (Lipinski definition) is 1. The Morgan fingerprint density at radius 3 is 2.92 bits per heavy atom. The maximum atomic E-state index is 5.01. The van der Waals surface area contributed by atoms with Crippen molar-refractivity contribution >= 4 is 27.0 Å². The molecular formula is C9H9BrN2O. The summed E-state index contributed by atoms with van der Waals surface area (Å²) in [4.78, 5) is 7.34. The van der Waals surface area contributed by atoms with Gasteiger partial charge in [-0.15, -0.1) is 0 Å². The van der Waals surface area contributed by atoms with E-state index in [1.54, 1.807) is 7.11 Å². The summed E-state index contributed by atoms with van der Waals surface area (Å²) in [5.41, 5.74) is 3.08. The van der Waals surface area contributed by atoms with Gasteiger partial charge in [0.15, 0.2) is 0 Å². The van der Waals surface area contributed by atoms with E-state index >= 15 is 0 Å². The molecule has 0 radical (unpaired) electrons. The molecule has 0 bridgehead atoms. The van der Waals surface area contributed by atoms with E-state index in [9.17, 15) is 0 Å². The van der Waals surface area contributed by atoms with Crippen molar-refractivity contribution in [3.8, 4) is 6.01 Å². The Hall–Kier alpha value is -1.03. The minimum Gasteiger partial charge on any atom is -0.468 e. The first-order valence-electron chi connectivity index (χ1n) is 3.90. The van der Waals surface area contributed by atoms with Crippen molar-refractivity contribution in [3.05, 3.63) is 22.2 Å². The van der Waals surface area contributed by atoms with Crippen molar-refractivity contribution in [1.82, 2.24) is 9.97 Å². The third-order valence-electron chi connectivity index (χ3n) is 1.91. The van der Waals surface area contributed by atoms with Gasteiger partial charge in [-0.1, -0.05) is 15.9 Å². The number of nitrogens with one attached hydrogen (secondary N) is 1. The summed E-state index contributed by atoms with van der Waals surface area (Å²) in [6.07, 6.45) is 0. The van der Waals surface area contributed by atoms with E-state index in [1.165, 1.54) is 0 Å². The zero-order chi connectivity index (χ0) is 9.42. The lowest BCUT2D eigenvalue weighted by molar-refractivity contribution is 0.386. The number of H-pyrrole nitrogens is 1. The zero-order valence-electron chi connectivity index (χ0n) is 7.39. The maximum Gasteiger partial charge on any atom is 0.294 e. The standard InChI is InChI=1S/C9H9BrN2O/c1-5-3-6(10)4-7-8(5)12-9(11-7)13-2/h3-4H,1-2H3,(H,11,12). The SMILES string of the molecule is COc1nc2c(C)cc(Br)cc2[nH]1. The monoisotopic (exact) mass is 240 g/mol. The van der Waals surface area contributed by atoms with Crippen molar-refractivity contribution in [2.45, 2.75) is 6.92 Å². The molecule has 0 aliphatic carbocycles. The number of benzene rings is 1. The number of aryl methyl sites for hydroxylation is 1. The third kappa shape index (κ3) is 1.42. The molecule has 0 aliphatic rings. The topological polar surface area (TPSA) is 37.9 Å². The normalized spacial score (nSPS) is 10.7. The Morgan fingerprint density at radius 2 is 2.23 bits per heavy atom. The number of nitrogens with zero attached hydrogens (tertiary/aromatic N) is 1. The number of halogens is 1. The molecule has 68 valence electrons. The largest absolute Gasteiger partial charge is 0.468 e. The molecule has 0 saturated heterocycles. The van der Waals surface area contributed by atoms with Crippen LogP contribution in [0.3, 0.4) is 0 Å². The summed E-state index contributed by atoms with van der Waals surface area (Å²) in [6.45, 7) is 2.02. The molecule has 1 aromatic carbocycles. The molecule has 0 fully saturated rings. The summed E-state index contributed by atoms with van der Waals surface area (Å²) in [7, 11) is 1.60. The fourth-order valence-electron chi connectivity index (χ4n) is 1.32. The first kappa shape index (κ1) is 8.56. The molecule has 0 amide bonds. The Labute approximate surface area is 84.3 Å². The highest BCUT2D eigenvalue weighted by Gasteiger charge is 2.05. The molecule has 1 N–H and O–H groups in total. The number of aromatic nitrogens is 2. The summed E-state index contributed by atoms with van der Waals surface area (Å²) >= 11 is 3.43. The van der Waals surface area contributed by atoms with Gasteiger partial charge in [0, 0.05) is 4.47 Å². The second kappa shape index (κ2) is 3.03. The van der Waals surface area contributed by atoms with Gasteiger partial charge in [0.05, 0.1) is 18.1 Å². The van der Waals surface area contributed by atoms with E-state index in [2.05, 4.69) is 25.9 Å². The van der Waals surface area contributed by atoms with Crippen LogP contribution in [0.25, 0.3) is 11.0 Å². The van der Waals surface area contributed by atoms with Crippen LogP contribution in [-0.4, -0.2) is 17.1 Å². The molecule has 0 atom stereocenters. The van der Waals surface area contributed by atoms with Crippen LogP contribution in [0, 0.1) is 6.92 Å². The molecule has 0 unspecified atom stereocenters. The third-order valence-corrected chi connectivity index (χ3v) is 2.37. The number of hydrogen-bond acceptors (Lipinski definition) is 2. The van der Waals surface area contributed by atoms with E-state index in [0.29, 0.717) is 6.01 Å². The number of methoxy groups -OCH3 is 1. The van der Waals surface area contributed by atoms with Crippen molar-refractivity contribution in [1.29, 1.82) is 0 Å². The van der Waals surface area contributed by atoms with Gasteiger partial charge in [0.1, 0.15) is 0 Å². The molecule has 2 rings (SSSR count). The summed E-state index contributed by atoms with van der Waals surface area (Å²) in [5, 5.41) is 0. The van der Waals surface area contributed by atoms with Crippen LogP contribution in [-0.2, 0) is 0 Å². The quantitative estimate of drug-likeness (QED) is 0.833. The number of ether oxygens (including phenoxy) is 1. The second-order valence-electron chi connectivity index (χ2n) is 2.86. The van der Waals surface area contributed by atoms with Gasteiger partial charge in [0.25, 0.3) is 6.01 Å². The predicted molar refractivity (Wildman–Crippen MR) is 55.1 cm³/mol. The van der Waals surface area contributed by atoms with Crippen molar-refractivity contribution in [2.24, 2.45) is 0 Å². The van der Waals surface area contributed by atoms with Crippen LogP contribution in [0.2, 0.25) is 0 Å². The highest BCUT2D eigenvalue weighted by Crippen LogP contribution is 2.23. The van der Waals surface area contributed by atoms with E-state index in [-0.39, 0.29) is 0 Å². The van der Waals surface area contributed by atoms with Crippen LogP contribution in [0.5, 0.6) is 6.01 Å². The van der Waals surface area contributed by atoms with Gasteiger partial charge >= 0.3 is 0 Å². The Kier molecular flexibility index (Phi) is 2.00. The summed E-state index contributed by atoms with van der Waals surface area (Å²) < 4.78 is 6.06. The minimum absolute atomic E-state index is 0.552. The first-order chi connectivity index (χ1) is 6.20. The molecule has 13 heavy (non-hydrogen) atoms. The van der Waals surface area contributed by atoms with Crippen LogP contribution in [0.15, 0.2) is 16.6 Å². The zero-order valence-corrected chi connectivity index (χ0v) is 8.97. The summed E-state index contributed by atoms with van der Waals surface area (Å²) in [6, 6.07) is 4.57.